The first kappa shape index (κ1) is 12.6. The van der Waals surface area contributed by atoms with Gasteiger partial charge in [-0.1, -0.05) is 13.8 Å². The van der Waals surface area contributed by atoms with Gasteiger partial charge in [0.25, 0.3) is 0 Å². The fourth-order valence-corrected chi connectivity index (χ4v) is 1.41. The molecule has 4 heteroatoms. The number of aromatic nitrogens is 1. The third-order valence-corrected chi connectivity index (χ3v) is 2.42. The van der Waals surface area contributed by atoms with Gasteiger partial charge in [-0.2, -0.15) is 0 Å². The average molecular weight is 272 g/mol. The molecule has 1 aromatic heterocycles. The van der Waals surface area contributed by atoms with E-state index in [2.05, 4.69) is 45.4 Å². The van der Waals surface area contributed by atoms with Gasteiger partial charge in [0.1, 0.15) is 0 Å². The number of hydrogen-bond acceptors (Lipinski definition) is 3. The van der Waals surface area contributed by atoms with Crippen molar-refractivity contribution in [2.24, 2.45) is 0 Å². The molecule has 0 saturated carbocycles. The number of rotatable bonds is 6. The largest absolute Gasteiger partial charge is 0.313 e. The van der Waals surface area contributed by atoms with Crippen LogP contribution in [0.2, 0.25) is 0 Å². The molecule has 0 atom stereocenters. The van der Waals surface area contributed by atoms with Crippen LogP contribution in [0.1, 0.15) is 19.5 Å². The lowest BCUT2D eigenvalue weighted by Gasteiger charge is -2.08. The van der Waals surface area contributed by atoms with Crippen LogP contribution in [-0.4, -0.2) is 24.1 Å². The molecular formula is C11H18BrN3. The van der Waals surface area contributed by atoms with Gasteiger partial charge >= 0.3 is 0 Å². The van der Waals surface area contributed by atoms with Crippen LogP contribution in [0.4, 0.5) is 0 Å². The molecular weight excluding hydrogens is 254 g/mol. The summed E-state index contributed by atoms with van der Waals surface area (Å²) in [4.78, 5) is 4.28. The molecule has 0 aromatic carbocycles. The summed E-state index contributed by atoms with van der Waals surface area (Å²) in [6, 6.07) is 4.58. The Morgan fingerprint density at radius 1 is 1.33 bits per heavy atom. The first-order valence-electron chi connectivity index (χ1n) is 5.23. The molecule has 0 radical (unpaired) electrons. The third-order valence-electron chi connectivity index (χ3n) is 1.95. The van der Waals surface area contributed by atoms with Gasteiger partial charge in [0.15, 0.2) is 0 Å². The number of hydrogen-bond donors (Lipinski definition) is 2. The molecule has 15 heavy (non-hydrogen) atoms. The van der Waals surface area contributed by atoms with Crippen LogP contribution in [0.15, 0.2) is 22.8 Å². The van der Waals surface area contributed by atoms with E-state index in [4.69, 9.17) is 0 Å². The molecule has 0 unspecified atom stereocenters. The van der Waals surface area contributed by atoms with E-state index in [-0.39, 0.29) is 0 Å². The summed E-state index contributed by atoms with van der Waals surface area (Å²) in [5.74, 6) is 0. The van der Waals surface area contributed by atoms with Gasteiger partial charge in [-0.3, -0.25) is 4.98 Å². The zero-order valence-corrected chi connectivity index (χ0v) is 10.8. The molecule has 0 aliphatic rings. The quantitative estimate of drug-likeness (QED) is 0.777. The topological polar surface area (TPSA) is 37.0 Å². The molecule has 1 aromatic rings. The molecule has 1 heterocycles. The highest BCUT2D eigenvalue weighted by Crippen LogP contribution is 2.06. The Labute approximate surface area is 99.8 Å². The maximum absolute atomic E-state index is 4.28. The normalized spacial score (nSPS) is 10.9. The maximum atomic E-state index is 4.28. The van der Waals surface area contributed by atoms with E-state index in [1.54, 1.807) is 0 Å². The van der Waals surface area contributed by atoms with E-state index >= 15 is 0 Å². The highest BCUT2D eigenvalue weighted by molar-refractivity contribution is 9.10. The van der Waals surface area contributed by atoms with Crippen LogP contribution in [0, 0.1) is 0 Å². The summed E-state index contributed by atoms with van der Waals surface area (Å²) in [6.07, 6.45) is 1.82. The Morgan fingerprint density at radius 3 is 2.73 bits per heavy atom. The molecule has 0 spiro atoms. The second-order valence-electron chi connectivity index (χ2n) is 3.75. The summed E-state index contributed by atoms with van der Waals surface area (Å²) in [5, 5.41) is 6.69. The van der Waals surface area contributed by atoms with Crippen LogP contribution < -0.4 is 10.6 Å². The van der Waals surface area contributed by atoms with E-state index in [1.165, 1.54) is 0 Å². The molecule has 0 amide bonds. The smallest absolute Gasteiger partial charge is 0.0542 e. The van der Waals surface area contributed by atoms with Crippen molar-refractivity contribution in [2.45, 2.75) is 26.4 Å². The molecule has 0 bridgehead atoms. The van der Waals surface area contributed by atoms with Crippen LogP contribution in [0.25, 0.3) is 0 Å². The molecule has 0 fully saturated rings. The molecule has 1 rings (SSSR count). The number of halogens is 1. The Morgan fingerprint density at radius 2 is 2.13 bits per heavy atom. The number of pyridine rings is 1. The van der Waals surface area contributed by atoms with Crippen molar-refractivity contribution < 1.29 is 0 Å². The van der Waals surface area contributed by atoms with Gasteiger partial charge in [-0.25, -0.2) is 0 Å². The minimum absolute atomic E-state index is 0.553. The monoisotopic (exact) mass is 271 g/mol. The first-order chi connectivity index (χ1) is 7.18. The third kappa shape index (κ3) is 5.87. The Bertz CT molecular complexity index is 272. The van der Waals surface area contributed by atoms with E-state index in [1.807, 2.05) is 18.3 Å². The molecule has 2 N–H and O–H groups in total. The van der Waals surface area contributed by atoms with Gasteiger partial charge in [-0.15, -0.1) is 0 Å². The first-order valence-corrected chi connectivity index (χ1v) is 6.02. The summed E-state index contributed by atoms with van der Waals surface area (Å²) >= 11 is 3.36. The zero-order chi connectivity index (χ0) is 11.1. The summed E-state index contributed by atoms with van der Waals surface area (Å²) in [5.41, 5.74) is 1.07. The van der Waals surface area contributed by atoms with Crippen molar-refractivity contribution in [3.8, 4) is 0 Å². The van der Waals surface area contributed by atoms with Gasteiger partial charge < -0.3 is 10.6 Å². The van der Waals surface area contributed by atoms with Crippen LogP contribution in [0.3, 0.4) is 0 Å². The van der Waals surface area contributed by atoms with Crippen LogP contribution in [-0.2, 0) is 6.54 Å². The summed E-state index contributed by atoms with van der Waals surface area (Å²) < 4.78 is 1.02. The van der Waals surface area contributed by atoms with E-state index in [0.29, 0.717) is 6.04 Å². The van der Waals surface area contributed by atoms with Gasteiger partial charge in [0.05, 0.1) is 5.69 Å². The van der Waals surface area contributed by atoms with Crippen molar-refractivity contribution in [2.75, 3.05) is 13.1 Å². The predicted molar refractivity (Wildman–Crippen MR) is 66.8 cm³/mol. The van der Waals surface area contributed by atoms with Gasteiger partial charge in [-0.05, 0) is 28.1 Å². The highest BCUT2D eigenvalue weighted by atomic mass is 79.9. The van der Waals surface area contributed by atoms with E-state index in [9.17, 15) is 0 Å². The SMILES string of the molecule is CC(C)NCCNCc1ccc(Br)cn1. The lowest BCUT2D eigenvalue weighted by atomic mass is 10.3. The number of nitrogens with zero attached hydrogens (tertiary/aromatic N) is 1. The number of nitrogens with one attached hydrogen (secondary N) is 2. The zero-order valence-electron chi connectivity index (χ0n) is 9.26. The Balaban J connectivity index is 2.12. The van der Waals surface area contributed by atoms with Crippen molar-refractivity contribution in [3.63, 3.8) is 0 Å². The van der Waals surface area contributed by atoms with Crippen molar-refractivity contribution in [3.05, 3.63) is 28.5 Å². The van der Waals surface area contributed by atoms with Crippen molar-refractivity contribution in [1.82, 2.24) is 15.6 Å². The van der Waals surface area contributed by atoms with Crippen molar-refractivity contribution in [1.29, 1.82) is 0 Å². The van der Waals surface area contributed by atoms with Crippen LogP contribution in [0.5, 0.6) is 0 Å². The maximum Gasteiger partial charge on any atom is 0.0542 e. The predicted octanol–water partition coefficient (Wildman–Crippen LogP) is 1.93. The molecule has 0 saturated heterocycles. The highest BCUT2D eigenvalue weighted by Gasteiger charge is 1.94. The average Bonchev–Trinajstić information content (AvgIpc) is 2.20. The van der Waals surface area contributed by atoms with Crippen molar-refractivity contribution >= 4 is 15.9 Å². The van der Waals surface area contributed by atoms with Crippen LogP contribution >= 0.6 is 15.9 Å². The lowest BCUT2D eigenvalue weighted by molar-refractivity contribution is 0.553. The van der Waals surface area contributed by atoms with Gasteiger partial charge in [0.2, 0.25) is 0 Å². The fourth-order valence-electron chi connectivity index (χ4n) is 1.18. The molecule has 0 aliphatic heterocycles. The fraction of sp³-hybridized carbons (Fsp3) is 0.545. The van der Waals surface area contributed by atoms with E-state index < -0.39 is 0 Å². The molecule has 3 nitrogen and oxygen atoms in total. The Hall–Kier alpha value is -0.450. The van der Waals surface area contributed by atoms with Gasteiger partial charge in [0, 0.05) is 36.3 Å². The Kier molecular flexibility index (Phi) is 5.83. The molecule has 0 aliphatic carbocycles. The minimum atomic E-state index is 0.553. The second kappa shape index (κ2) is 6.93. The molecule has 84 valence electrons. The lowest BCUT2D eigenvalue weighted by Crippen LogP contribution is -2.31. The minimum Gasteiger partial charge on any atom is -0.313 e. The standard InChI is InChI=1S/C11H18BrN3/c1-9(2)14-6-5-13-8-11-4-3-10(12)7-15-11/h3-4,7,9,13-14H,5-6,8H2,1-2H3. The summed E-state index contributed by atoms with van der Waals surface area (Å²) in [7, 11) is 0. The second-order valence-corrected chi connectivity index (χ2v) is 4.67. The summed E-state index contributed by atoms with van der Waals surface area (Å²) in [6.45, 7) is 7.09. The van der Waals surface area contributed by atoms with E-state index in [0.717, 1.165) is 29.8 Å².